The monoisotopic (exact) mass is 823 g/mol. The van der Waals surface area contributed by atoms with Crippen LogP contribution in [0.3, 0.4) is 0 Å². The van der Waals surface area contributed by atoms with Crippen LogP contribution >= 0.6 is 11.6 Å². The van der Waals surface area contributed by atoms with Crippen molar-refractivity contribution in [2.45, 2.75) is 32.0 Å². The number of alkyl halides is 2. The van der Waals surface area contributed by atoms with Gasteiger partial charge in [0, 0.05) is 11.6 Å². The second-order valence-corrected chi connectivity index (χ2v) is 15.4. The Kier molecular flexibility index (Phi) is 10.7. The first-order valence-electron chi connectivity index (χ1n) is 17.1. The lowest BCUT2D eigenvalue weighted by Gasteiger charge is -2.21. The number of nitrogens with two attached hydrogens (primary N) is 1. The molecular weight excluding hydrogens is 793 g/mol. The Balaban J connectivity index is 1.50. The standard InChI is InChI=1S/C39H31ClF5N7O4S/c1-56-25-9-7-21(8-10-25)19-51(57(2,54)55)38-34-28(40)12-14-32(35(34)50(49-38)20-33(44)45)52-37(30(46)17-22-15-23(41)18-24(42)16-22)48-36-27(39(52)53)11-13-31(47-36)26-5-3-4-6-29(26)43/h3-16,18,30,33H,17,19-20,46H2,1-2H3/t30-/m0/s1. The van der Waals surface area contributed by atoms with E-state index in [1.54, 1.807) is 30.3 Å². The minimum absolute atomic E-state index is 0.0910. The summed E-state index contributed by atoms with van der Waals surface area (Å²) in [5.74, 6) is -2.40. The van der Waals surface area contributed by atoms with Crippen LogP contribution in [-0.4, -0.2) is 52.5 Å². The Morgan fingerprint density at radius 2 is 1.61 bits per heavy atom. The van der Waals surface area contributed by atoms with E-state index in [0.29, 0.717) is 17.4 Å². The molecule has 11 nitrogen and oxygen atoms in total. The van der Waals surface area contributed by atoms with Gasteiger partial charge in [-0.3, -0.25) is 14.0 Å². The van der Waals surface area contributed by atoms with Crippen molar-refractivity contribution in [1.29, 1.82) is 0 Å². The zero-order valence-corrected chi connectivity index (χ0v) is 31.6. The first kappa shape index (κ1) is 39.3. The van der Waals surface area contributed by atoms with Crippen molar-refractivity contribution in [3.05, 3.63) is 141 Å². The first-order chi connectivity index (χ1) is 27.1. The Morgan fingerprint density at radius 3 is 2.26 bits per heavy atom. The van der Waals surface area contributed by atoms with Crippen molar-refractivity contribution in [2.24, 2.45) is 5.73 Å². The third-order valence-electron chi connectivity index (χ3n) is 9.09. The predicted molar refractivity (Wildman–Crippen MR) is 206 cm³/mol. The molecule has 0 saturated heterocycles. The van der Waals surface area contributed by atoms with E-state index in [1.807, 2.05) is 0 Å². The molecule has 0 radical (unpaired) electrons. The van der Waals surface area contributed by atoms with Crippen molar-refractivity contribution < 1.29 is 35.1 Å². The topological polar surface area (TPSA) is 138 Å². The van der Waals surface area contributed by atoms with Crippen molar-refractivity contribution in [2.75, 3.05) is 17.7 Å². The molecule has 0 unspecified atom stereocenters. The number of anilines is 1. The summed E-state index contributed by atoms with van der Waals surface area (Å²) in [6.45, 7) is -1.35. The van der Waals surface area contributed by atoms with Gasteiger partial charge in [0.1, 0.15) is 35.6 Å². The summed E-state index contributed by atoms with van der Waals surface area (Å²) in [4.78, 5) is 23.8. The molecule has 0 aliphatic carbocycles. The zero-order valence-electron chi connectivity index (χ0n) is 30.0. The number of benzene rings is 4. The van der Waals surface area contributed by atoms with Crippen LogP contribution in [0.5, 0.6) is 5.75 Å². The molecule has 0 amide bonds. The number of methoxy groups -OCH3 is 1. The lowest BCUT2D eigenvalue weighted by Crippen LogP contribution is -2.30. The molecule has 7 aromatic rings. The molecule has 18 heteroatoms. The van der Waals surface area contributed by atoms with E-state index in [9.17, 15) is 35.2 Å². The first-order valence-corrected chi connectivity index (χ1v) is 19.3. The fraction of sp³-hybridized carbons (Fsp3) is 0.179. The molecule has 0 bridgehead atoms. The van der Waals surface area contributed by atoms with Gasteiger partial charge in [-0.2, -0.15) is 5.10 Å². The molecule has 0 spiro atoms. The van der Waals surface area contributed by atoms with Crippen molar-refractivity contribution in [1.82, 2.24) is 24.3 Å². The summed E-state index contributed by atoms with van der Waals surface area (Å²) in [7, 11) is -2.71. The number of pyridine rings is 1. The molecule has 0 aliphatic heterocycles. The number of nitrogens with zero attached hydrogens (tertiary/aromatic N) is 6. The average Bonchev–Trinajstić information content (AvgIpc) is 3.52. The lowest BCUT2D eigenvalue weighted by molar-refractivity contribution is 0.123. The van der Waals surface area contributed by atoms with Crippen LogP contribution in [0.4, 0.5) is 27.8 Å². The molecule has 4 aromatic carbocycles. The largest absolute Gasteiger partial charge is 0.497 e. The highest BCUT2D eigenvalue weighted by atomic mass is 35.5. The van der Waals surface area contributed by atoms with Gasteiger partial charge in [0.25, 0.3) is 12.0 Å². The Morgan fingerprint density at radius 1 is 0.912 bits per heavy atom. The van der Waals surface area contributed by atoms with Gasteiger partial charge in [-0.05, 0) is 78.2 Å². The Bertz CT molecular complexity index is 2820. The molecule has 57 heavy (non-hydrogen) atoms. The van der Waals surface area contributed by atoms with E-state index >= 15 is 0 Å². The van der Waals surface area contributed by atoms with Crippen molar-refractivity contribution in [3.63, 3.8) is 0 Å². The number of halogens is 6. The zero-order chi connectivity index (χ0) is 40.8. The van der Waals surface area contributed by atoms with Crippen molar-refractivity contribution >= 4 is 49.4 Å². The summed E-state index contributed by atoms with van der Waals surface area (Å²) in [5, 5.41) is 4.07. The maximum absolute atomic E-state index is 14.8. The molecule has 2 N–H and O–H groups in total. The van der Waals surface area contributed by atoms with E-state index < -0.39 is 52.0 Å². The number of sulfonamides is 1. The number of aromatic nitrogens is 5. The maximum Gasteiger partial charge on any atom is 0.267 e. The maximum atomic E-state index is 14.8. The van der Waals surface area contributed by atoms with E-state index in [4.69, 9.17) is 22.1 Å². The van der Waals surface area contributed by atoms with E-state index in [1.165, 1.54) is 49.6 Å². The molecule has 7 rings (SSSR count). The van der Waals surface area contributed by atoms with Gasteiger partial charge in [-0.15, -0.1) is 0 Å². The highest BCUT2D eigenvalue weighted by molar-refractivity contribution is 7.92. The van der Waals surface area contributed by atoms with E-state index in [2.05, 4.69) is 15.1 Å². The third kappa shape index (κ3) is 7.90. The average molecular weight is 824 g/mol. The van der Waals surface area contributed by atoms with Crippen LogP contribution in [0.1, 0.15) is 23.0 Å². The van der Waals surface area contributed by atoms with Crippen LogP contribution in [0.15, 0.2) is 95.8 Å². The number of rotatable bonds is 12. The second-order valence-electron chi connectivity index (χ2n) is 13.1. The van der Waals surface area contributed by atoms with E-state index in [0.717, 1.165) is 31.9 Å². The summed E-state index contributed by atoms with van der Waals surface area (Å²) in [6, 6.07) is 19.2. The fourth-order valence-electron chi connectivity index (χ4n) is 6.57. The van der Waals surface area contributed by atoms with E-state index in [-0.39, 0.29) is 74.1 Å². The van der Waals surface area contributed by atoms with Gasteiger partial charge in [-0.25, -0.2) is 44.6 Å². The highest BCUT2D eigenvalue weighted by Gasteiger charge is 2.30. The van der Waals surface area contributed by atoms with Crippen LogP contribution in [-0.2, 0) is 29.5 Å². The number of fused-ring (bicyclic) bond motifs is 2. The number of ether oxygens (including phenoxy) is 1. The predicted octanol–water partition coefficient (Wildman–Crippen LogP) is 7.35. The molecule has 0 fully saturated rings. The van der Waals surface area contributed by atoms with Gasteiger partial charge in [0.05, 0.1) is 58.6 Å². The second kappa shape index (κ2) is 15.6. The molecule has 3 aromatic heterocycles. The fourth-order valence-corrected chi connectivity index (χ4v) is 7.63. The van der Waals surface area contributed by atoms with Gasteiger partial charge < -0.3 is 10.5 Å². The number of hydrogen-bond donors (Lipinski definition) is 1. The Hall–Kier alpha value is -5.91. The summed E-state index contributed by atoms with van der Waals surface area (Å²) < 4.78 is 107. The van der Waals surface area contributed by atoms with Gasteiger partial charge in [0.15, 0.2) is 11.5 Å². The minimum atomic E-state index is -4.18. The summed E-state index contributed by atoms with van der Waals surface area (Å²) >= 11 is 6.75. The van der Waals surface area contributed by atoms with Crippen LogP contribution in [0, 0.1) is 17.5 Å². The quantitative estimate of drug-likeness (QED) is 0.126. The van der Waals surface area contributed by atoms with Crippen molar-refractivity contribution in [3.8, 4) is 22.7 Å². The smallest absolute Gasteiger partial charge is 0.267 e. The molecule has 1 atom stereocenters. The molecule has 3 heterocycles. The SMILES string of the molecule is COc1ccc(CN(c2nn(CC(F)F)c3c(-n4c([C@@H](N)Cc5cc(F)cc(F)c5)nc5nc(-c6ccccc6F)ccc5c4=O)ccc(Cl)c23)S(C)(=O)=O)cc1. The Labute approximate surface area is 326 Å². The number of hydrogen-bond acceptors (Lipinski definition) is 8. The summed E-state index contributed by atoms with van der Waals surface area (Å²) in [5.41, 5.74) is 6.24. The summed E-state index contributed by atoms with van der Waals surface area (Å²) in [6.07, 6.45) is -2.38. The molecule has 0 saturated carbocycles. The lowest BCUT2D eigenvalue weighted by atomic mass is 10.0. The minimum Gasteiger partial charge on any atom is -0.497 e. The molecule has 0 aliphatic rings. The normalized spacial score (nSPS) is 12.5. The third-order valence-corrected chi connectivity index (χ3v) is 10.5. The van der Waals surface area contributed by atoms with Gasteiger partial charge >= 0.3 is 0 Å². The highest BCUT2D eigenvalue weighted by Crippen LogP contribution is 2.39. The molecule has 294 valence electrons. The van der Waals surface area contributed by atoms with Crippen LogP contribution < -0.4 is 20.3 Å². The molecular formula is C39H31ClF5N7O4S. The van der Waals surface area contributed by atoms with Crippen LogP contribution in [0.2, 0.25) is 5.02 Å². The van der Waals surface area contributed by atoms with Crippen LogP contribution in [0.25, 0.3) is 38.9 Å². The van der Waals surface area contributed by atoms with Gasteiger partial charge in [-0.1, -0.05) is 35.9 Å². The van der Waals surface area contributed by atoms with Gasteiger partial charge in [0.2, 0.25) is 10.0 Å².